The molecule has 0 unspecified atom stereocenters. The summed E-state index contributed by atoms with van der Waals surface area (Å²) in [7, 11) is 0. The molecule has 3 heteroatoms. The van der Waals surface area contributed by atoms with Gasteiger partial charge in [-0.25, -0.2) is 0 Å². The third-order valence-electron chi connectivity index (χ3n) is 7.70. The predicted molar refractivity (Wildman–Crippen MR) is 166 cm³/mol. The summed E-state index contributed by atoms with van der Waals surface area (Å²) in [6, 6.07) is 47.1. The second-order valence-electron chi connectivity index (χ2n) is 9.96. The van der Waals surface area contributed by atoms with Gasteiger partial charge in [0.05, 0.1) is 11.0 Å². The number of nitrogens with zero attached hydrogens (tertiary/aromatic N) is 1. The van der Waals surface area contributed by atoms with E-state index in [2.05, 4.69) is 139 Å². The number of hydrogen-bond donors (Lipinski definition) is 1. The molecule has 2 nitrogen and oxygen atoms in total. The van der Waals surface area contributed by atoms with Gasteiger partial charge in [0.1, 0.15) is 11.2 Å². The van der Waals surface area contributed by atoms with E-state index < -0.39 is 0 Å². The van der Waals surface area contributed by atoms with Crippen LogP contribution in [0, 0.1) is 0 Å². The molecule has 0 saturated heterocycles. The molecular weight excluding hydrogens is 494 g/mol. The second kappa shape index (κ2) is 8.65. The van der Waals surface area contributed by atoms with Gasteiger partial charge in [0.25, 0.3) is 0 Å². The molecule has 0 amide bonds. The van der Waals surface area contributed by atoms with Gasteiger partial charge in [0.15, 0.2) is 0 Å². The molecule has 184 valence electrons. The number of fused-ring (bicyclic) bond motifs is 6. The molecule has 2 aromatic heterocycles. The lowest BCUT2D eigenvalue weighted by molar-refractivity contribution is 0.670. The number of hydrogen-bond acceptors (Lipinski definition) is 2. The number of thiol groups is 1. The molecule has 0 aliphatic heterocycles. The molecule has 0 saturated carbocycles. The van der Waals surface area contributed by atoms with Crippen LogP contribution in [-0.2, 0) is 0 Å². The summed E-state index contributed by atoms with van der Waals surface area (Å²) in [5.41, 5.74) is 9.97. The average Bonchev–Trinajstić information content (AvgIpc) is 3.53. The molecule has 0 spiro atoms. The molecule has 39 heavy (non-hydrogen) atoms. The summed E-state index contributed by atoms with van der Waals surface area (Å²) in [5, 5.41) is 4.71. The number of rotatable bonds is 3. The molecule has 8 aromatic rings. The van der Waals surface area contributed by atoms with Gasteiger partial charge >= 0.3 is 0 Å². The first-order valence-electron chi connectivity index (χ1n) is 13.1. The molecule has 0 N–H and O–H groups in total. The smallest absolute Gasteiger partial charge is 0.143 e. The highest BCUT2D eigenvalue weighted by molar-refractivity contribution is 7.80. The highest BCUT2D eigenvalue weighted by atomic mass is 32.1. The fourth-order valence-corrected chi connectivity index (χ4v) is 6.07. The van der Waals surface area contributed by atoms with Crippen LogP contribution in [-0.4, -0.2) is 4.57 Å². The maximum absolute atomic E-state index is 6.30. The lowest BCUT2D eigenvalue weighted by Crippen LogP contribution is -1.94. The summed E-state index contributed by atoms with van der Waals surface area (Å²) in [5.74, 6) is 0. The molecule has 0 radical (unpaired) electrons. The van der Waals surface area contributed by atoms with Crippen molar-refractivity contribution in [2.45, 2.75) is 4.90 Å². The summed E-state index contributed by atoms with van der Waals surface area (Å²) in [6.45, 7) is 0. The van der Waals surface area contributed by atoms with Gasteiger partial charge in [-0.15, -0.1) is 12.6 Å². The van der Waals surface area contributed by atoms with Gasteiger partial charge in [0.2, 0.25) is 0 Å². The molecule has 0 fully saturated rings. The number of furan rings is 1. The second-order valence-corrected chi connectivity index (χ2v) is 10.5. The van der Waals surface area contributed by atoms with Crippen LogP contribution >= 0.6 is 12.6 Å². The van der Waals surface area contributed by atoms with Crippen LogP contribution in [0.3, 0.4) is 0 Å². The molecule has 0 atom stereocenters. The van der Waals surface area contributed by atoms with Crippen LogP contribution in [0.1, 0.15) is 0 Å². The fourth-order valence-electron chi connectivity index (χ4n) is 5.86. The van der Waals surface area contributed by atoms with Crippen LogP contribution in [0.25, 0.3) is 71.7 Å². The van der Waals surface area contributed by atoms with E-state index in [-0.39, 0.29) is 0 Å². The molecular formula is C36H23NOS. The fraction of sp³-hybridized carbons (Fsp3) is 0. The normalized spacial score (nSPS) is 11.7. The van der Waals surface area contributed by atoms with Gasteiger partial charge < -0.3 is 8.98 Å². The minimum absolute atomic E-state index is 0.917. The zero-order valence-electron chi connectivity index (χ0n) is 21.0. The standard InChI is InChI=1S/C36H23NOS/c39-27-18-20-34-32(22-27)31-21-25(23-7-2-1-3-8-23)15-19-33(31)37(34)26-16-13-24(14-17-26)28-10-6-11-30-29-9-4-5-12-35(29)38-36(28)30/h1-22,39H. The summed E-state index contributed by atoms with van der Waals surface area (Å²) in [4.78, 5) is 0.959. The quantitative estimate of drug-likeness (QED) is 0.231. The lowest BCUT2D eigenvalue weighted by Gasteiger charge is -2.10. The Labute approximate surface area is 231 Å². The Hall–Kier alpha value is -4.73. The zero-order valence-corrected chi connectivity index (χ0v) is 21.9. The highest BCUT2D eigenvalue weighted by Gasteiger charge is 2.15. The molecule has 6 aromatic carbocycles. The van der Waals surface area contributed by atoms with E-state index in [1.54, 1.807) is 0 Å². The van der Waals surface area contributed by atoms with E-state index in [1.165, 1.54) is 32.9 Å². The van der Waals surface area contributed by atoms with Crippen LogP contribution < -0.4 is 0 Å². The minimum atomic E-state index is 0.917. The van der Waals surface area contributed by atoms with Crippen molar-refractivity contribution in [3.05, 3.63) is 133 Å². The minimum Gasteiger partial charge on any atom is -0.455 e. The number of aromatic nitrogens is 1. The summed E-state index contributed by atoms with van der Waals surface area (Å²) >= 11 is 4.66. The van der Waals surface area contributed by atoms with Crippen molar-refractivity contribution >= 4 is 56.4 Å². The zero-order chi connectivity index (χ0) is 25.9. The molecule has 0 aliphatic carbocycles. The van der Waals surface area contributed by atoms with Crippen molar-refractivity contribution in [2.75, 3.05) is 0 Å². The predicted octanol–water partition coefficient (Wildman–Crippen LogP) is 10.3. The monoisotopic (exact) mass is 517 g/mol. The first-order valence-corrected chi connectivity index (χ1v) is 13.5. The summed E-state index contributed by atoms with van der Waals surface area (Å²) < 4.78 is 8.65. The first-order chi connectivity index (χ1) is 19.2. The van der Waals surface area contributed by atoms with Crippen LogP contribution in [0.5, 0.6) is 0 Å². The van der Waals surface area contributed by atoms with Gasteiger partial charge in [-0.05, 0) is 65.2 Å². The highest BCUT2D eigenvalue weighted by Crippen LogP contribution is 2.38. The molecule has 2 heterocycles. The van der Waals surface area contributed by atoms with E-state index in [1.807, 2.05) is 12.1 Å². The van der Waals surface area contributed by atoms with Crippen molar-refractivity contribution in [2.24, 2.45) is 0 Å². The maximum Gasteiger partial charge on any atom is 0.143 e. The Bertz CT molecular complexity index is 2170. The Morgan fingerprint density at radius 1 is 0.487 bits per heavy atom. The van der Waals surface area contributed by atoms with E-state index in [4.69, 9.17) is 4.42 Å². The lowest BCUT2D eigenvalue weighted by atomic mass is 10.0. The van der Waals surface area contributed by atoms with E-state index >= 15 is 0 Å². The molecule has 8 rings (SSSR count). The van der Waals surface area contributed by atoms with Crippen molar-refractivity contribution in [3.63, 3.8) is 0 Å². The van der Waals surface area contributed by atoms with Gasteiger partial charge in [0, 0.05) is 37.7 Å². The Morgan fingerprint density at radius 2 is 1.18 bits per heavy atom. The largest absolute Gasteiger partial charge is 0.455 e. The Kier molecular flexibility index (Phi) is 4.94. The molecule has 0 aliphatic rings. The third-order valence-corrected chi connectivity index (χ3v) is 7.97. The van der Waals surface area contributed by atoms with Gasteiger partial charge in [-0.1, -0.05) is 84.9 Å². The van der Waals surface area contributed by atoms with Crippen molar-refractivity contribution in [3.8, 4) is 27.9 Å². The van der Waals surface area contributed by atoms with Crippen molar-refractivity contribution in [1.82, 2.24) is 4.57 Å². The maximum atomic E-state index is 6.30. The average molecular weight is 518 g/mol. The Morgan fingerprint density at radius 3 is 2.03 bits per heavy atom. The number of benzene rings is 6. The van der Waals surface area contributed by atoms with Crippen molar-refractivity contribution in [1.29, 1.82) is 0 Å². The molecule has 0 bridgehead atoms. The van der Waals surface area contributed by atoms with Crippen molar-refractivity contribution < 1.29 is 4.42 Å². The van der Waals surface area contributed by atoms with E-state index in [0.29, 0.717) is 0 Å². The first kappa shape index (κ1) is 22.3. The third kappa shape index (κ3) is 3.51. The SMILES string of the molecule is Sc1ccc2c(c1)c1cc(-c3ccccc3)ccc1n2-c1ccc(-c2cccc3c2oc2ccccc23)cc1. The summed E-state index contributed by atoms with van der Waals surface area (Å²) in [6.07, 6.45) is 0. The van der Waals surface area contributed by atoms with E-state index in [0.717, 1.165) is 43.6 Å². The topological polar surface area (TPSA) is 18.1 Å². The van der Waals surface area contributed by atoms with E-state index in [9.17, 15) is 0 Å². The van der Waals surface area contributed by atoms with Crippen LogP contribution in [0.4, 0.5) is 0 Å². The van der Waals surface area contributed by atoms with Crippen LogP contribution in [0.2, 0.25) is 0 Å². The van der Waals surface area contributed by atoms with Gasteiger partial charge in [-0.3, -0.25) is 0 Å². The Balaban J connectivity index is 1.29. The van der Waals surface area contributed by atoms with Crippen LogP contribution in [0.15, 0.2) is 143 Å². The van der Waals surface area contributed by atoms with Gasteiger partial charge in [-0.2, -0.15) is 0 Å². The number of para-hydroxylation sites is 2.